The van der Waals surface area contributed by atoms with Crippen molar-refractivity contribution < 1.29 is 0 Å². The number of pyridine rings is 1. The van der Waals surface area contributed by atoms with Crippen LogP contribution < -0.4 is 5.32 Å². The Kier molecular flexibility index (Phi) is 3.08. The Hall–Kier alpha value is -2.73. The van der Waals surface area contributed by atoms with Crippen LogP contribution in [0.5, 0.6) is 0 Å². The second kappa shape index (κ2) is 5.23. The van der Waals surface area contributed by atoms with Gasteiger partial charge in [0.05, 0.1) is 22.9 Å². The molecule has 4 rings (SSSR count). The Morgan fingerprint density at radius 1 is 1.09 bits per heavy atom. The molecule has 0 radical (unpaired) electrons. The number of H-pyrrole nitrogens is 1. The third kappa shape index (κ3) is 2.44. The van der Waals surface area contributed by atoms with Crippen molar-refractivity contribution in [1.29, 1.82) is 0 Å². The molecular formula is C16H13N5S. The van der Waals surface area contributed by atoms with Crippen LogP contribution in [0.25, 0.3) is 22.6 Å². The third-order valence-electron chi connectivity index (χ3n) is 3.30. The maximum atomic E-state index is 4.58. The molecule has 0 atom stereocenters. The topological polar surface area (TPSA) is 66.5 Å². The largest absolute Gasteiger partial charge is 0.337 e. The van der Waals surface area contributed by atoms with E-state index in [1.54, 1.807) is 17.5 Å². The van der Waals surface area contributed by atoms with E-state index in [1.807, 2.05) is 48.7 Å². The van der Waals surface area contributed by atoms with Gasteiger partial charge < -0.3 is 10.3 Å². The number of anilines is 2. The zero-order valence-corrected chi connectivity index (χ0v) is 12.7. The van der Waals surface area contributed by atoms with Gasteiger partial charge in [-0.15, -0.1) is 11.3 Å². The van der Waals surface area contributed by atoms with Gasteiger partial charge in [-0.25, -0.2) is 9.97 Å². The average molecular weight is 307 g/mol. The smallest absolute Gasteiger partial charge is 0.187 e. The molecule has 0 fully saturated rings. The van der Waals surface area contributed by atoms with Gasteiger partial charge in [0.1, 0.15) is 5.69 Å². The number of nitrogens with one attached hydrogen (secondary N) is 2. The molecule has 108 valence electrons. The van der Waals surface area contributed by atoms with Gasteiger partial charge >= 0.3 is 0 Å². The van der Waals surface area contributed by atoms with Gasteiger partial charge in [-0.3, -0.25) is 4.98 Å². The highest BCUT2D eigenvalue weighted by Crippen LogP contribution is 2.26. The molecule has 5 nitrogen and oxygen atoms in total. The summed E-state index contributed by atoms with van der Waals surface area (Å²) in [5.74, 6) is 0.785. The predicted octanol–water partition coefficient (Wildman–Crippen LogP) is 4.13. The van der Waals surface area contributed by atoms with E-state index < -0.39 is 0 Å². The van der Waals surface area contributed by atoms with E-state index in [0.29, 0.717) is 0 Å². The van der Waals surface area contributed by atoms with Crippen LogP contribution in [-0.4, -0.2) is 19.9 Å². The van der Waals surface area contributed by atoms with Crippen LogP contribution in [0, 0.1) is 6.92 Å². The minimum absolute atomic E-state index is 0.785. The van der Waals surface area contributed by atoms with Gasteiger partial charge in [-0.05, 0) is 31.2 Å². The molecule has 3 aromatic heterocycles. The SMILES string of the molecule is Cc1ccc(Nc2nc(-c3nc4ccccc4[nH]3)cs2)cn1. The summed E-state index contributed by atoms with van der Waals surface area (Å²) >= 11 is 1.54. The molecule has 4 aromatic rings. The first-order valence-corrected chi connectivity index (χ1v) is 7.76. The van der Waals surface area contributed by atoms with Crippen molar-refractivity contribution in [2.75, 3.05) is 5.32 Å². The average Bonchev–Trinajstić information content (AvgIpc) is 3.15. The Morgan fingerprint density at radius 2 is 2.00 bits per heavy atom. The molecule has 0 bridgehead atoms. The van der Waals surface area contributed by atoms with Crippen molar-refractivity contribution in [2.45, 2.75) is 6.92 Å². The van der Waals surface area contributed by atoms with Crippen LogP contribution in [0.1, 0.15) is 5.69 Å². The van der Waals surface area contributed by atoms with E-state index >= 15 is 0 Å². The van der Waals surface area contributed by atoms with Gasteiger partial charge in [-0.1, -0.05) is 12.1 Å². The van der Waals surface area contributed by atoms with E-state index in [4.69, 9.17) is 0 Å². The Labute approximate surface area is 131 Å². The Morgan fingerprint density at radius 3 is 2.82 bits per heavy atom. The number of thiazole rings is 1. The number of fused-ring (bicyclic) bond motifs is 1. The van der Waals surface area contributed by atoms with Crippen molar-refractivity contribution in [2.24, 2.45) is 0 Å². The summed E-state index contributed by atoms with van der Waals surface area (Å²) in [5, 5.41) is 6.07. The van der Waals surface area contributed by atoms with Gasteiger partial charge in [0.15, 0.2) is 11.0 Å². The van der Waals surface area contributed by atoms with E-state index in [2.05, 4.69) is 25.3 Å². The van der Waals surface area contributed by atoms with Crippen LogP contribution in [0.4, 0.5) is 10.8 Å². The maximum absolute atomic E-state index is 4.58. The number of aromatic nitrogens is 4. The summed E-state index contributed by atoms with van der Waals surface area (Å²) in [6, 6.07) is 11.9. The highest BCUT2D eigenvalue weighted by Gasteiger charge is 2.09. The van der Waals surface area contributed by atoms with Crippen molar-refractivity contribution in [3.63, 3.8) is 0 Å². The van der Waals surface area contributed by atoms with Crippen molar-refractivity contribution >= 4 is 33.2 Å². The van der Waals surface area contributed by atoms with Gasteiger partial charge in [0, 0.05) is 11.1 Å². The first-order chi connectivity index (χ1) is 10.8. The number of rotatable bonds is 3. The zero-order chi connectivity index (χ0) is 14.9. The molecule has 0 aliphatic carbocycles. The first-order valence-electron chi connectivity index (χ1n) is 6.88. The number of imidazole rings is 1. The van der Waals surface area contributed by atoms with Crippen LogP contribution in [0.15, 0.2) is 48.0 Å². The van der Waals surface area contributed by atoms with Gasteiger partial charge in [0.25, 0.3) is 0 Å². The Balaban J connectivity index is 1.61. The molecule has 22 heavy (non-hydrogen) atoms. The molecule has 0 aliphatic rings. The number of nitrogens with zero attached hydrogens (tertiary/aromatic N) is 3. The fourth-order valence-electron chi connectivity index (χ4n) is 2.18. The number of benzene rings is 1. The predicted molar refractivity (Wildman–Crippen MR) is 89.5 cm³/mol. The summed E-state index contributed by atoms with van der Waals surface area (Å²) in [5.41, 5.74) is 4.72. The molecule has 2 N–H and O–H groups in total. The number of hydrogen-bond acceptors (Lipinski definition) is 5. The van der Waals surface area contributed by atoms with E-state index in [1.165, 1.54) is 0 Å². The monoisotopic (exact) mass is 307 g/mol. The highest BCUT2D eigenvalue weighted by molar-refractivity contribution is 7.14. The molecule has 0 unspecified atom stereocenters. The second-order valence-electron chi connectivity index (χ2n) is 4.95. The molecule has 0 aliphatic heterocycles. The van der Waals surface area contributed by atoms with Crippen molar-refractivity contribution in [3.8, 4) is 11.5 Å². The number of aromatic amines is 1. The maximum Gasteiger partial charge on any atom is 0.187 e. The van der Waals surface area contributed by atoms with Crippen LogP contribution in [-0.2, 0) is 0 Å². The summed E-state index contributed by atoms with van der Waals surface area (Å²) in [7, 11) is 0. The first kappa shape index (κ1) is 13.0. The minimum atomic E-state index is 0.785. The lowest BCUT2D eigenvalue weighted by atomic mass is 10.3. The molecule has 0 spiro atoms. The molecular weight excluding hydrogens is 294 g/mol. The molecule has 0 amide bonds. The minimum Gasteiger partial charge on any atom is -0.337 e. The summed E-state index contributed by atoms with van der Waals surface area (Å²) in [6.45, 7) is 1.97. The molecule has 6 heteroatoms. The Bertz CT molecular complexity index is 890. The fourth-order valence-corrected chi connectivity index (χ4v) is 2.89. The molecule has 1 aromatic carbocycles. The van der Waals surface area contributed by atoms with Gasteiger partial charge in [-0.2, -0.15) is 0 Å². The lowest BCUT2D eigenvalue weighted by Crippen LogP contribution is -1.91. The second-order valence-corrected chi connectivity index (χ2v) is 5.81. The van der Waals surface area contributed by atoms with Gasteiger partial charge in [0.2, 0.25) is 0 Å². The molecule has 0 saturated carbocycles. The fraction of sp³-hybridized carbons (Fsp3) is 0.0625. The van der Waals surface area contributed by atoms with E-state index in [-0.39, 0.29) is 0 Å². The molecule has 3 heterocycles. The lowest BCUT2D eigenvalue weighted by molar-refractivity contribution is 1.20. The zero-order valence-electron chi connectivity index (χ0n) is 11.9. The third-order valence-corrected chi connectivity index (χ3v) is 4.06. The molecule has 0 saturated heterocycles. The van der Waals surface area contributed by atoms with Crippen molar-refractivity contribution in [3.05, 3.63) is 53.7 Å². The van der Waals surface area contributed by atoms with Crippen molar-refractivity contribution in [1.82, 2.24) is 19.9 Å². The van der Waals surface area contributed by atoms with Crippen LogP contribution in [0.3, 0.4) is 0 Å². The van der Waals surface area contributed by atoms with Crippen LogP contribution in [0.2, 0.25) is 0 Å². The normalized spacial score (nSPS) is 11.0. The number of hydrogen-bond donors (Lipinski definition) is 2. The summed E-state index contributed by atoms with van der Waals surface area (Å²) < 4.78 is 0. The lowest BCUT2D eigenvalue weighted by Gasteiger charge is -2.01. The van der Waals surface area contributed by atoms with E-state index in [9.17, 15) is 0 Å². The highest BCUT2D eigenvalue weighted by atomic mass is 32.1. The summed E-state index contributed by atoms with van der Waals surface area (Å²) in [6.07, 6.45) is 1.80. The number of aryl methyl sites for hydroxylation is 1. The summed E-state index contributed by atoms with van der Waals surface area (Å²) in [4.78, 5) is 16.7. The number of para-hydroxylation sites is 2. The standard InChI is InChI=1S/C16H13N5S/c1-10-6-7-11(8-17-10)18-16-21-14(9-22-16)15-19-12-4-2-3-5-13(12)20-15/h2-9H,1H3,(H,18,21)(H,19,20). The van der Waals surface area contributed by atoms with Crippen LogP contribution >= 0.6 is 11.3 Å². The van der Waals surface area contributed by atoms with E-state index in [0.717, 1.165) is 39.1 Å². The quantitative estimate of drug-likeness (QED) is 0.597.